The Kier molecular flexibility index (Phi) is 16.7. The van der Waals surface area contributed by atoms with E-state index in [0.29, 0.717) is 36.8 Å². The van der Waals surface area contributed by atoms with Crippen molar-refractivity contribution in [3.05, 3.63) is 131 Å². The summed E-state index contributed by atoms with van der Waals surface area (Å²) in [5.41, 5.74) is 9.02. The standard InChI is InChI=1S/C49H61N3O8/c1-34(2)30-36-15-17-37(18-16-36)35(3)48(56)51-29-11-7-10-14-46(54)52-32-44(60-47(55)28-27-45(50)53)31-41(52)33-59-49(38-12-8-6-9-13-38,39-19-23-42(57-4)24-20-39)40-21-25-43(58-5)26-22-40/h6,8-9,12-13,15-26,34-35,41,44H,7,10-11,14,27-33H2,1-5H3,(H2,50,53)(H,51,56)/t35-,41-,44+/m0/s1. The Morgan fingerprint density at radius 2 is 1.35 bits per heavy atom. The zero-order valence-corrected chi connectivity index (χ0v) is 35.7. The van der Waals surface area contributed by atoms with E-state index in [1.807, 2.05) is 97.9 Å². The summed E-state index contributed by atoms with van der Waals surface area (Å²) in [5.74, 6) is 0.488. The third-order valence-electron chi connectivity index (χ3n) is 11.1. The highest BCUT2D eigenvalue weighted by Gasteiger charge is 2.42. The molecule has 0 radical (unpaired) electrons. The van der Waals surface area contributed by atoms with Crippen LogP contribution >= 0.6 is 0 Å². The minimum absolute atomic E-state index is 0.0186. The van der Waals surface area contributed by atoms with Crippen LogP contribution in [-0.2, 0) is 40.7 Å². The Morgan fingerprint density at radius 1 is 0.750 bits per heavy atom. The molecule has 0 spiro atoms. The maximum absolute atomic E-state index is 14.0. The fourth-order valence-corrected chi connectivity index (χ4v) is 7.84. The van der Waals surface area contributed by atoms with Crippen molar-refractivity contribution in [1.82, 2.24) is 10.2 Å². The van der Waals surface area contributed by atoms with Crippen molar-refractivity contribution in [3.8, 4) is 11.5 Å². The maximum atomic E-state index is 14.0. The first-order valence-corrected chi connectivity index (χ1v) is 21.1. The van der Waals surface area contributed by atoms with Gasteiger partial charge >= 0.3 is 5.97 Å². The summed E-state index contributed by atoms with van der Waals surface area (Å²) in [7, 11) is 3.24. The number of benzene rings is 4. The van der Waals surface area contributed by atoms with Gasteiger partial charge in [-0.2, -0.15) is 0 Å². The Labute approximate surface area is 354 Å². The lowest BCUT2D eigenvalue weighted by molar-refractivity contribution is -0.150. The molecular formula is C49H61N3O8. The molecule has 4 aromatic rings. The second-order valence-corrected chi connectivity index (χ2v) is 16.0. The number of nitrogens with zero attached hydrogens (tertiary/aromatic N) is 1. The third-order valence-corrected chi connectivity index (χ3v) is 11.1. The highest BCUT2D eigenvalue weighted by atomic mass is 16.5. The molecule has 0 unspecified atom stereocenters. The maximum Gasteiger partial charge on any atom is 0.306 e. The van der Waals surface area contributed by atoms with Crippen LogP contribution in [0.5, 0.6) is 11.5 Å². The van der Waals surface area contributed by atoms with Crippen molar-refractivity contribution in [2.75, 3.05) is 33.9 Å². The van der Waals surface area contributed by atoms with Crippen LogP contribution < -0.4 is 20.5 Å². The predicted octanol–water partition coefficient (Wildman–Crippen LogP) is 7.47. The van der Waals surface area contributed by atoms with Gasteiger partial charge in [-0.1, -0.05) is 99.1 Å². The highest BCUT2D eigenvalue weighted by molar-refractivity contribution is 5.83. The topological polar surface area (TPSA) is 146 Å². The molecule has 11 heteroatoms. The Bertz CT molecular complexity index is 1940. The van der Waals surface area contributed by atoms with Gasteiger partial charge in [0, 0.05) is 25.8 Å². The molecule has 3 N–H and O–H groups in total. The van der Waals surface area contributed by atoms with Crippen LogP contribution in [0.25, 0.3) is 0 Å². The van der Waals surface area contributed by atoms with Crippen LogP contribution in [0, 0.1) is 5.92 Å². The number of likely N-dealkylation sites (tertiary alicyclic amines) is 1. The van der Waals surface area contributed by atoms with Crippen LogP contribution in [-0.4, -0.2) is 74.7 Å². The zero-order valence-electron chi connectivity index (χ0n) is 35.7. The molecule has 1 aliphatic heterocycles. The van der Waals surface area contributed by atoms with Crippen molar-refractivity contribution in [2.24, 2.45) is 11.7 Å². The number of methoxy groups -OCH3 is 2. The highest BCUT2D eigenvalue weighted by Crippen LogP contribution is 2.42. The number of nitrogens with one attached hydrogen (secondary N) is 1. The number of hydrogen-bond acceptors (Lipinski definition) is 8. The molecule has 0 aromatic heterocycles. The summed E-state index contributed by atoms with van der Waals surface area (Å²) in [4.78, 5) is 52.8. The lowest BCUT2D eigenvalue weighted by atomic mass is 9.80. The summed E-state index contributed by atoms with van der Waals surface area (Å²) in [6.07, 6.45) is 2.92. The number of hydrogen-bond donors (Lipinski definition) is 2. The molecule has 60 heavy (non-hydrogen) atoms. The van der Waals surface area contributed by atoms with Crippen molar-refractivity contribution in [2.45, 2.75) is 95.8 Å². The molecule has 0 saturated carbocycles. The molecule has 11 nitrogen and oxygen atoms in total. The fourth-order valence-electron chi connectivity index (χ4n) is 7.84. The molecule has 0 bridgehead atoms. The quantitative estimate of drug-likeness (QED) is 0.0472. The number of unbranched alkanes of at least 4 members (excludes halogenated alkanes) is 2. The van der Waals surface area contributed by atoms with Gasteiger partial charge < -0.3 is 34.9 Å². The van der Waals surface area contributed by atoms with Gasteiger partial charge in [-0.05, 0) is 84.2 Å². The van der Waals surface area contributed by atoms with Crippen LogP contribution in [0.3, 0.4) is 0 Å². The van der Waals surface area contributed by atoms with Crippen molar-refractivity contribution in [1.29, 1.82) is 0 Å². The van der Waals surface area contributed by atoms with E-state index in [2.05, 4.69) is 31.3 Å². The smallest absolute Gasteiger partial charge is 0.306 e. The van der Waals surface area contributed by atoms with Crippen LogP contribution in [0.15, 0.2) is 103 Å². The molecule has 0 aliphatic carbocycles. The van der Waals surface area contributed by atoms with E-state index in [4.69, 9.17) is 24.7 Å². The summed E-state index contributed by atoms with van der Waals surface area (Å²) in [5, 5.41) is 3.06. The SMILES string of the molecule is COc1ccc(C(OC[C@@H]2C[C@@H](OC(=O)CCC(N)=O)CN2C(=O)CCCCCNC(=O)[C@@H](C)c2ccc(CC(C)C)cc2)(c2ccccc2)c2ccc(OC)cc2)cc1. The van der Waals surface area contributed by atoms with Gasteiger partial charge in [-0.25, -0.2) is 0 Å². The largest absolute Gasteiger partial charge is 0.497 e. The lowest BCUT2D eigenvalue weighted by Gasteiger charge is -2.38. The Balaban J connectivity index is 1.28. The second-order valence-electron chi connectivity index (χ2n) is 16.0. The van der Waals surface area contributed by atoms with Gasteiger partial charge in [0.1, 0.15) is 23.2 Å². The van der Waals surface area contributed by atoms with E-state index in [0.717, 1.165) is 41.5 Å². The molecule has 1 saturated heterocycles. The number of ether oxygens (including phenoxy) is 4. The molecule has 3 amide bonds. The normalized spacial score (nSPS) is 15.7. The van der Waals surface area contributed by atoms with Gasteiger partial charge in [0.15, 0.2) is 0 Å². The van der Waals surface area contributed by atoms with Gasteiger partial charge in [0.2, 0.25) is 17.7 Å². The molecule has 1 aliphatic rings. The van der Waals surface area contributed by atoms with Crippen molar-refractivity contribution in [3.63, 3.8) is 0 Å². The van der Waals surface area contributed by atoms with E-state index in [-0.39, 0.29) is 50.1 Å². The number of carbonyl (C=O) groups is 4. The van der Waals surface area contributed by atoms with E-state index in [9.17, 15) is 19.2 Å². The number of amides is 3. The van der Waals surface area contributed by atoms with Gasteiger partial charge in [-0.3, -0.25) is 19.2 Å². The molecule has 4 aromatic carbocycles. The van der Waals surface area contributed by atoms with Crippen molar-refractivity contribution < 1.29 is 38.1 Å². The number of primary amides is 1. The van der Waals surface area contributed by atoms with Crippen LogP contribution in [0.4, 0.5) is 0 Å². The summed E-state index contributed by atoms with van der Waals surface area (Å²) in [6.45, 7) is 7.14. The van der Waals surface area contributed by atoms with Crippen molar-refractivity contribution >= 4 is 23.7 Å². The van der Waals surface area contributed by atoms with E-state index < -0.39 is 29.6 Å². The first-order chi connectivity index (χ1) is 28.9. The average Bonchev–Trinajstić information content (AvgIpc) is 3.67. The third kappa shape index (κ3) is 12.2. The zero-order chi connectivity index (χ0) is 43.1. The monoisotopic (exact) mass is 819 g/mol. The van der Waals surface area contributed by atoms with Gasteiger partial charge in [-0.15, -0.1) is 0 Å². The van der Waals surface area contributed by atoms with Crippen LogP contribution in [0.2, 0.25) is 0 Å². The average molecular weight is 820 g/mol. The molecule has 1 heterocycles. The predicted molar refractivity (Wildman–Crippen MR) is 232 cm³/mol. The van der Waals surface area contributed by atoms with E-state index >= 15 is 0 Å². The van der Waals surface area contributed by atoms with E-state index in [1.165, 1.54) is 5.56 Å². The Morgan fingerprint density at radius 3 is 1.92 bits per heavy atom. The first kappa shape index (κ1) is 45.4. The minimum Gasteiger partial charge on any atom is -0.497 e. The molecular weight excluding hydrogens is 759 g/mol. The molecule has 5 rings (SSSR count). The number of rotatable bonds is 22. The second kappa shape index (κ2) is 22.1. The van der Waals surface area contributed by atoms with E-state index in [1.54, 1.807) is 19.1 Å². The fraction of sp³-hybridized carbons (Fsp3) is 0.429. The summed E-state index contributed by atoms with van der Waals surface area (Å²) >= 11 is 0. The van der Waals surface area contributed by atoms with Crippen LogP contribution in [0.1, 0.15) is 99.5 Å². The minimum atomic E-state index is -1.11. The molecule has 1 fully saturated rings. The summed E-state index contributed by atoms with van der Waals surface area (Å²) in [6, 6.07) is 33.3. The molecule has 3 atom stereocenters. The number of esters is 1. The van der Waals surface area contributed by atoms with Gasteiger partial charge in [0.05, 0.1) is 45.8 Å². The first-order valence-electron chi connectivity index (χ1n) is 21.1. The number of nitrogens with two attached hydrogens (primary N) is 1. The lowest BCUT2D eigenvalue weighted by Crippen LogP contribution is -2.42. The summed E-state index contributed by atoms with van der Waals surface area (Å²) < 4.78 is 24.0. The number of carbonyl (C=O) groups excluding carboxylic acids is 4. The molecule has 320 valence electrons. The van der Waals surface area contributed by atoms with Gasteiger partial charge in [0.25, 0.3) is 0 Å². The Hall–Kier alpha value is -5.68.